The highest BCUT2D eigenvalue weighted by Crippen LogP contribution is 2.16. The number of sulfone groups is 1. The van der Waals surface area contributed by atoms with Gasteiger partial charge in [-0.25, -0.2) is 8.42 Å². The normalized spacial score (nSPS) is 18.4. The monoisotopic (exact) mass is 296 g/mol. The predicted molar refractivity (Wildman–Crippen MR) is 78.1 cm³/mol. The van der Waals surface area contributed by atoms with Crippen molar-refractivity contribution in [1.29, 1.82) is 0 Å². The molecule has 0 aromatic heterocycles. The van der Waals surface area contributed by atoms with Crippen LogP contribution in [0.25, 0.3) is 0 Å². The predicted octanol–water partition coefficient (Wildman–Crippen LogP) is 0.252. The Morgan fingerprint density at radius 3 is 2.75 bits per heavy atom. The highest BCUT2D eigenvalue weighted by atomic mass is 32.2. The van der Waals surface area contributed by atoms with E-state index in [1.54, 1.807) is 0 Å². The molecular weight excluding hydrogens is 276 g/mol. The first-order chi connectivity index (χ1) is 9.46. The Morgan fingerprint density at radius 1 is 1.35 bits per heavy atom. The zero-order chi connectivity index (χ0) is 14.6. The van der Waals surface area contributed by atoms with Crippen molar-refractivity contribution in [3.63, 3.8) is 0 Å². The van der Waals surface area contributed by atoms with E-state index >= 15 is 0 Å². The molecule has 0 fully saturated rings. The third-order valence-electron chi connectivity index (χ3n) is 3.39. The van der Waals surface area contributed by atoms with Crippen molar-refractivity contribution in [2.45, 2.75) is 25.4 Å². The van der Waals surface area contributed by atoms with Crippen LogP contribution >= 0.6 is 0 Å². The number of fused-ring (bicyclic) bond motifs is 1. The maximum Gasteiger partial charge on any atom is 0.237 e. The quantitative estimate of drug-likeness (QED) is 0.764. The molecule has 2 N–H and O–H groups in total. The van der Waals surface area contributed by atoms with Crippen LogP contribution < -0.4 is 10.6 Å². The molecule has 0 saturated heterocycles. The maximum atomic E-state index is 12.0. The minimum absolute atomic E-state index is 0.0620. The van der Waals surface area contributed by atoms with Crippen LogP contribution in [0.15, 0.2) is 24.3 Å². The van der Waals surface area contributed by atoms with E-state index in [2.05, 4.69) is 16.7 Å². The van der Waals surface area contributed by atoms with Gasteiger partial charge in [0.2, 0.25) is 5.91 Å². The third kappa shape index (κ3) is 4.31. The molecular formula is C14H20N2O3S. The van der Waals surface area contributed by atoms with Gasteiger partial charge in [0.1, 0.15) is 9.84 Å². The first kappa shape index (κ1) is 15.0. The molecule has 20 heavy (non-hydrogen) atoms. The second-order valence-corrected chi connectivity index (χ2v) is 7.44. The number of hydrogen-bond acceptors (Lipinski definition) is 4. The zero-order valence-electron chi connectivity index (χ0n) is 11.6. The maximum absolute atomic E-state index is 12.0. The standard InChI is InChI=1S/C14H20N2O3S/c1-20(18,19)8-4-7-15-14(17)13-9-11-5-2-3-6-12(11)10-16-13/h2-3,5-6,13,16H,4,7-10H2,1H3,(H,15,17)/t13-/m1/s1. The first-order valence-corrected chi connectivity index (χ1v) is 8.77. The molecule has 1 heterocycles. The van der Waals surface area contributed by atoms with Gasteiger partial charge in [-0.1, -0.05) is 24.3 Å². The highest BCUT2D eigenvalue weighted by molar-refractivity contribution is 7.90. The van der Waals surface area contributed by atoms with E-state index in [0.717, 1.165) is 0 Å². The van der Waals surface area contributed by atoms with Crippen LogP contribution in [-0.2, 0) is 27.6 Å². The van der Waals surface area contributed by atoms with Crippen LogP contribution in [0, 0.1) is 0 Å². The summed E-state index contributed by atoms with van der Waals surface area (Å²) in [5.74, 6) is 0.0433. The number of carbonyl (C=O) groups excluding carboxylic acids is 1. The molecule has 0 aliphatic carbocycles. The molecule has 5 nitrogen and oxygen atoms in total. The number of amides is 1. The molecule has 6 heteroatoms. The zero-order valence-corrected chi connectivity index (χ0v) is 12.4. The van der Waals surface area contributed by atoms with E-state index in [1.807, 2.05) is 18.2 Å². The minimum Gasteiger partial charge on any atom is -0.355 e. The molecule has 0 bridgehead atoms. The average Bonchev–Trinajstić information content (AvgIpc) is 2.42. The summed E-state index contributed by atoms with van der Waals surface area (Å²) in [6.45, 7) is 1.09. The Kier molecular flexibility index (Phi) is 4.77. The molecule has 0 radical (unpaired) electrons. The Hall–Kier alpha value is -1.40. The van der Waals surface area contributed by atoms with Gasteiger partial charge in [-0.05, 0) is 24.0 Å². The molecule has 0 saturated carbocycles. The summed E-state index contributed by atoms with van der Waals surface area (Å²) < 4.78 is 22.0. The summed E-state index contributed by atoms with van der Waals surface area (Å²) in [6.07, 6.45) is 2.33. The summed E-state index contributed by atoms with van der Waals surface area (Å²) in [5, 5.41) is 5.99. The van der Waals surface area contributed by atoms with Gasteiger partial charge in [0, 0.05) is 19.3 Å². The van der Waals surface area contributed by atoms with E-state index in [1.165, 1.54) is 17.4 Å². The van der Waals surface area contributed by atoms with Crippen LogP contribution in [0.2, 0.25) is 0 Å². The second kappa shape index (κ2) is 6.37. The summed E-state index contributed by atoms with van der Waals surface area (Å²) >= 11 is 0. The Bertz CT molecular complexity index is 584. The Balaban J connectivity index is 1.80. The van der Waals surface area contributed by atoms with Gasteiger partial charge >= 0.3 is 0 Å². The second-order valence-electron chi connectivity index (χ2n) is 5.18. The van der Waals surface area contributed by atoms with E-state index in [-0.39, 0.29) is 17.7 Å². The van der Waals surface area contributed by atoms with Crippen molar-refractivity contribution < 1.29 is 13.2 Å². The van der Waals surface area contributed by atoms with Crippen molar-refractivity contribution in [3.8, 4) is 0 Å². The summed E-state index contributed by atoms with van der Waals surface area (Å²) in [4.78, 5) is 12.0. The molecule has 1 atom stereocenters. The van der Waals surface area contributed by atoms with E-state index in [0.29, 0.717) is 25.9 Å². The van der Waals surface area contributed by atoms with Crippen LogP contribution in [0.1, 0.15) is 17.5 Å². The van der Waals surface area contributed by atoms with Gasteiger partial charge in [-0.3, -0.25) is 4.79 Å². The van der Waals surface area contributed by atoms with E-state index in [9.17, 15) is 13.2 Å². The van der Waals surface area contributed by atoms with Gasteiger partial charge in [0.15, 0.2) is 0 Å². The van der Waals surface area contributed by atoms with E-state index < -0.39 is 9.84 Å². The third-order valence-corrected chi connectivity index (χ3v) is 4.42. The Labute approximate surface area is 119 Å². The summed E-state index contributed by atoms with van der Waals surface area (Å²) in [6, 6.07) is 7.84. The first-order valence-electron chi connectivity index (χ1n) is 6.71. The van der Waals surface area contributed by atoms with Gasteiger partial charge < -0.3 is 10.6 Å². The van der Waals surface area contributed by atoms with Gasteiger partial charge in [0.25, 0.3) is 0 Å². The number of carbonyl (C=O) groups is 1. The summed E-state index contributed by atoms with van der Waals surface area (Å²) in [5.41, 5.74) is 2.43. The van der Waals surface area contributed by atoms with Crippen molar-refractivity contribution in [1.82, 2.24) is 10.6 Å². The highest BCUT2D eigenvalue weighted by Gasteiger charge is 2.23. The van der Waals surface area contributed by atoms with Crippen molar-refractivity contribution >= 4 is 15.7 Å². The lowest BCUT2D eigenvalue weighted by Gasteiger charge is -2.25. The van der Waals surface area contributed by atoms with Gasteiger partial charge in [-0.15, -0.1) is 0 Å². The molecule has 0 spiro atoms. The van der Waals surface area contributed by atoms with Crippen LogP contribution in [-0.4, -0.2) is 38.9 Å². The van der Waals surface area contributed by atoms with Crippen molar-refractivity contribution in [3.05, 3.63) is 35.4 Å². The summed E-state index contributed by atoms with van der Waals surface area (Å²) in [7, 11) is -2.95. The van der Waals surface area contributed by atoms with E-state index in [4.69, 9.17) is 0 Å². The molecule has 0 unspecified atom stereocenters. The fraction of sp³-hybridized carbons (Fsp3) is 0.500. The lowest BCUT2D eigenvalue weighted by Crippen LogP contribution is -2.47. The largest absolute Gasteiger partial charge is 0.355 e. The lowest BCUT2D eigenvalue weighted by atomic mass is 9.95. The molecule has 110 valence electrons. The molecule has 1 aliphatic heterocycles. The van der Waals surface area contributed by atoms with Crippen LogP contribution in [0.4, 0.5) is 0 Å². The molecule has 1 amide bonds. The van der Waals surface area contributed by atoms with Crippen molar-refractivity contribution in [2.24, 2.45) is 0 Å². The SMILES string of the molecule is CS(=O)(=O)CCCNC(=O)[C@H]1Cc2ccccc2CN1. The molecule has 1 aromatic rings. The number of benzene rings is 1. The Morgan fingerprint density at radius 2 is 2.05 bits per heavy atom. The van der Waals surface area contributed by atoms with Gasteiger partial charge in [0.05, 0.1) is 11.8 Å². The minimum atomic E-state index is -2.95. The van der Waals surface area contributed by atoms with Crippen molar-refractivity contribution in [2.75, 3.05) is 18.6 Å². The molecule has 1 aromatic carbocycles. The van der Waals surface area contributed by atoms with Crippen LogP contribution in [0.5, 0.6) is 0 Å². The fourth-order valence-corrected chi connectivity index (χ4v) is 2.98. The van der Waals surface area contributed by atoms with Crippen LogP contribution in [0.3, 0.4) is 0 Å². The smallest absolute Gasteiger partial charge is 0.237 e. The number of nitrogens with one attached hydrogen (secondary N) is 2. The fourth-order valence-electron chi connectivity index (χ4n) is 2.31. The molecule has 2 rings (SSSR count). The lowest BCUT2D eigenvalue weighted by molar-refractivity contribution is -0.123. The average molecular weight is 296 g/mol. The number of hydrogen-bond donors (Lipinski definition) is 2. The number of rotatable bonds is 5. The topological polar surface area (TPSA) is 75.3 Å². The van der Waals surface area contributed by atoms with Gasteiger partial charge in [-0.2, -0.15) is 0 Å². The molecule has 1 aliphatic rings.